The van der Waals surface area contributed by atoms with Crippen molar-refractivity contribution in [1.82, 2.24) is 0 Å². The molecule has 3 nitrogen and oxygen atoms in total. The Hall–Kier alpha value is -1.35. The summed E-state index contributed by atoms with van der Waals surface area (Å²) in [5.41, 5.74) is 1.81. The molecular formula is C13H19NO2. The molecule has 0 fully saturated rings. The monoisotopic (exact) mass is 221 g/mol. The molecule has 1 aromatic carbocycles. The molecule has 1 rings (SSSR count). The number of benzene rings is 1. The highest BCUT2D eigenvalue weighted by Crippen LogP contribution is 2.10. The molecule has 0 radical (unpaired) electrons. The number of nitrogens with one attached hydrogen (secondary N) is 1. The molecule has 0 atom stereocenters. The Morgan fingerprint density at radius 2 is 1.94 bits per heavy atom. The van der Waals surface area contributed by atoms with E-state index in [-0.39, 0.29) is 5.78 Å². The summed E-state index contributed by atoms with van der Waals surface area (Å²) < 4.78 is 4.97. The molecule has 0 aliphatic carbocycles. The van der Waals surface area contributed by atoms with Gasteiger partial charge in [-0.2, -0.15) is 0 Å². The number of unbranched alkanes of at least 4 members (excludes halogenated alkanes) is 1. The first-order chi connectivity index (χ1) is 7.74. The maximum Gasteiger partial charge on any atom is 0.159 e. The van der Waals surface area contributed by atoms with E-state index < -0.39 is 0 Å². The van der Waals surface area contributed by atoms with Crippen molar-refractivity contribution in [3.8, 4) is 0 Å². The molecule has 0 spiro atoms. The molecule has 16 heavy (non-hydrogen) atoms. The van der Waals surface area contributed by atoms with Gasteiger partial charge in [0.15, 0.2) is 5.78 Å². The molecule has 3 heteroatoms. The Labute approximate surface area is 96.8 Å². The lowest BCUT2D eigenvalue weighted by atomic mass is 10.1. The highest BCUT2D eigenvalue weighted by molar-refractivity contribution is 5.94. The van der Waals surface area contributed by atoms with Gasteiger partial charge in [0.25, 0.3) is 0 Å². The molecule has 1 aromatic rings. The molecule has 0 heterocycles. The van der Waals surface area contributed by atoms with Gasteiger partial charge in [-0.25, -0.2) is 0 Å². The maximum absolute atomic E-state index is 11.1. The van der Waals surface area contributed by atoms with E-state index in [1.165, 1.54) is 0 Å². The van der Waals surface area contributed by atoms with Crippen LogP contribution in [0.25, 0.3) is 0 Å². The lowest BCUT2D eigenvalue weighted by Crippen LogP contribution is -2.03. The SMILES string of the molecule is COCCCCNc1ccc(C(C)=O)cc1. The summed E-state index contributed by atoms with van der Waals surface area (Å²) in [5.74, 6) is 0.103. The van der Waals surface area contributed by atoms with E-state index in [4.69, 9.17) is 4.74 Å². The van der Waals surface area contributed by atoms with Crippen LogP contribution >= 0.6 is 0 Å². The van der Waals surface area contributed by atoms with Crippen LogP contribution in [0.5, 0.6) is 0 Å². The average Bonchev–Trinajstić information content (AvgIpc) is 2.29. The van der Waals surface area contributed by atoms with Crippen molar-refractivity contribution in [1.29, 1.82) is 0 Å². The van der Waals surface area contributed by atoms with Crippen LogP contribution in [0.1, 0.15) is 30.1 Å². The van der Waals surface area contributed by atoms with E-state index in [1.807, 2.05) is 24.3 Å². The van der Waals surface area contributed by atoms with E-state index in [2.05, 4.69) is 5.32 Å². The van der Waals surface area contributed by atoms with Gasteiger partial charge in [0, 0.05) is 31.5 Å². The number of anilines is 1. The van der Waals surface area contributed by atoms with Gasteiger partial charge in [0.1, 0.15) is 0 Å². The van der Waals surface area contributed by atoms with Gasteiger partial charge < -0.3 is 10.1 Å². The quantitative estimate of drug-likeness (QED) is 0.568. The third-order valence-corrected chi connectivity index (χ3v) is 2.40. The third kappa shape index (κ3) is 4.45. The first kappa shape index (κ1) is 12.7. The second-order valence-electron chi connectivity index (χ2n) is 3.76. The highest BCUT2D eigenvalue weighted by Gasteiger charge is 1.98. The van der Waals surface area contributed by atoms with Gasteiger partial charge >= 0.3 is 0 Å². The van der Waals surface area contributed by atoms with Crippen molar-refractivity contribution in [2.75, 3.05) is 25.6 Å². The molecule has 1 N–H and O–H groups in total. The van der Waals surface area contributed by atoms with Crippen molar-refractivity contribution in [2.45, 2.75) is 19.8 Å². The fourth-order valence-corrected chi connectivity index (χ4v) is 1.43. The smallest absolute Gasteiger partial charge is 0.159 e. The summed E-state index contributed by atoms with van der Waals surface area (Å²) in [6.07, 6.45) is 2.15. The zero-order chi connectivity index (χ0) is 11.8. The lowest BCUT2D eigenvalue weighted by Gasteiger charge is -2.06. The fourth-order valence-electron chi connectivity index (χ4n) is 1.43. The summed E-state index contributed by atoms with van der Waals surface area (Å²) >= 11 is 0. The van der Waals surface area contributed by atoms with Gasteiger partial charge in [-0.15, -0.1) is 0 Å². The number of carbonyl (C=O) groups is 1. The van der Waals surface area contributed by atoms with Crippen LogP contribution in [-0.2, 0) is 4.74 Å². The second-order valence-corrected chi connectivity index (χ2v) is 3.76. The van der Waals surface area contributed by atoms with Crippen LogP contribution in [0.15, 0.2) is 24.3 Å². The van der Waals surface area contributed by atoms with Crippen molar-refractivity contribution in [3.05, 3.63) is 29.8 Å². The van der Waals surface area contributed by atoms with Crippen LogP contribution in [0.2, 0.25) is 0 Å². The number of rotatable bonds is 7. The molecule has 0 aliphatic rings. The van der Waals surface area contributed by atoms with Gasteiger partial charge in [0.05, 0.1) is 0 Å². The van der Waals surface area contributed by atoms with Crippen LogP contribution in [0.3, 0.4) is 0 Å². The zero-order valence-corrected chi connectivity index (χ0v) is 9.95. The first-order valence-electron chi connectivity index (χ1n) is 5.58. The minimum absolute atomic E-state index is 0.103. The Balaban J connectivity index is 2.29. The number of Topliss-reactive ketones (excluding diaryl/α,β-unsaturated/α-hetero) is 1. The van der Waals surface area contributed by atoms with E-state index in [1.54, 1.807) is 14.0 Å². The topological polar surface area (TPSA) is 38.3 Å². The predicted molar refractivity (Wildman–Crippen MR) is 66.0 cm³/mol. The molecule has 0 unspecified atom stereocenters. The standard InChI is InChI=1S/C13H19NO2/c1-11(15)12-5-7-13(8-6-12)14-9-3-4-10-16-2/h5-8,14H,3-4,9-10H2,1-2H3. The highest BCUT2D eigenvalue weighted by atomic mass is 16.5. The maximum atomic E-state index is 11.1. The Kier molecular flexibility index (Phi) is 5.57. The van der Waals surface area contributed by atoms with Crippen LogP contribution in [0.4, 0.5) is 5.69 Å². The van der Waals surface area contributed by atoms with E-state index in [9.17, 15) is 4.79 Å². The summed E-state index contributed by atoms with van der Waals surface area (Å²) in [7, 11) is 1.72. The van der Waals surface area contributed by atoms with Gasteiger partial charge in [-0.3, -0.25) is 4.79 Å². The fraction of sp³-hybridized carbons (Fsp3) is 0.462. The molecule has 0 aliphatic heterocycles. The predicted octanol–water partition coefficient (Wildman–Crippen LogP) is 2.73. The normalized spacial score (nSPS) is 10.1. The molecule has 0 saturated heterocycles. The minimum Gasteiger partial charge on any atom is -0.385 e. The number of methoxy groups -OCH3 is 1. The molecule has 0 aromatic heterocycles. The first-order valence-corrected chi connectivity index (χ1v) is 5.58. The number of ketones is 1. The van der Waals surface area contributed by atoms with Gasteiger partial charge in [-0.05, 0) is 44.0 Å². The third-order valence-electron chi connectivity index (χ3n) is 2.40. The largest absolute Gasteiger partial charge is 0.385 e. The Morgan fingerprint density at radius 3 is 2.50 bits per heavy atom. The Morgan fingerprint density at radius 1 is 1.25 bits per heavy atom. The Bertz CT molecular complexity index is 319. The van der Waals surface area contributed by atoms with Gasteiger partial charge in [-0.1, -0.05) is 0 Å². The molecule has 88 valence electrons. The summed E-state index contributed by atoms with van der Waals surface area (Å²) in [4.78, 5) is 11.1. The van der Waals surface area contributed by atoms with Gasteiger partial charge in [0.2, 0.25) is 0 Å². The van der Waals surface area contributed by atoms with Crippen LogP contribution in [-0.4, -0.2) is 26.0 Å². The summed E-state index contributed by atoms with van der Waals surface area (Å²) in [6.45, 7) is 3.32. The number of ether oxygens (including phenoxy) is 1. The molecule has 0 amide bonds. The zero-order valence-electron chi connectivity index (χ0n) is 9.95. The van der Waals surface area contributed by atoms with Crippen molar-refractivity contribution in [3.63, 3.8) is 0 Å². The molecular weight excluding hydrogens is 202 g/mol. The van der Waals surface area contributed by atoms with E-state index in [0.717, 1.165) is 37.2 Å². The molecule has 0 saturated carbocycles. The number of hydrogen-bond donors (Lipinski definition) is 1. The summed E-state index contributed by atoms with van der Waals surface area (Å²) in [5, 5.41) is 3.30. The summed E-state index contributed by atoms with van der Waals surface area (Å²) in [6, 6.07) is 7.57. The van der Waals surface area contributed by atoms with Crippen molar-refractivity contribution in [2.24, 2.45) is 0 Å². The molecule has 0 bridgehead atoms. The van der Waals surface area contributed by atoms with Crippen LogP contribution < -0.4 is 5.32 Å². The van der Waals surface area contributed by atoms with Crippen LogP contribution in [0, 0.1) is 0 Å². The average molecular weight is 221 g/mol. The minimum atomic E-state index is 0.103. The van der Waals surface area contributed by atoms with Crippen molar-refractivity contribution < 1.29 is 9.53 Å². The van der Waals surface area contributed by atoms with Crippen molar-refractivity contribution >= 4 is 11.5 Å². The second kappa shape index (κ2) is 7.01. The lowest BCUT2D eigenvalue weighted by molar-refractivity contribution is 0.101. The van der Waals surface area contributed by atoms with E-state index in [0.29, 0.717) is 0 Å². The number of carbonyl (C=O) groups excluding carboxylic acids is 1. The number of hydrogen-bond acceptors (Lipinski definition) is 3. The van der Waals surface area contributed by atoms with E-state index >= 15 is 0 Å².